The van der Waals surface area contributed by atoms with Crippen molar-refractivity contribution in [2.75, 3.05) is 33.3 Å². The van der Waals surface area contributed by atoms with Crippen LogP contribution in [0.1, 0.15) is 51.9 Å². The van der Waals surface area contributed by atoms with Gasteiger partial charge in [-0.05, 0) is 31.6 Å². The normalized spacial score (nSPS) is 21.6. The monoisotopic (exact) mass is 295 g/mol. The minimum absolute atomic E-state index is 0.195. The summed E-state index contributed by atoms with van der Waals surface area (Å²) in [6, 6.07) is 0. The van der Waals surface area contributed by atoms with Crippen LogP contribution in [0.3, 0.4) is 0 Å². The number of rotatable bonds is 4. The van der Waals surface area contributed by atoms with Crippen LogP contribution in [0.2, 0.25) is 0 Å². The molecule has 5 heteroatoms. The van der Waals surface area contributed by atoms with Gasteiger partial charge in [-0.15, -0.1) is 0 Å². The zero-order chi connectivity index (χ0) is 15.1. The van der Waals surface area contributed by atoms with E-state index >= 15 is 0 Å². The average molecular weight is 295 g/mol. The smallest absolute Gasteiger partial charge is 0.307 e. The molecule has 21 heavy (non-hydrogen) atoms. The van der Waals surface area contributed by atoms with Crippen LogP contribution in [0.15, 0.2) is 4.99 Å². The Hall–Kier alpha value is -1.26. The van der Waals surface area contributed by atoms with Crippen molar-refractivity contribution >= 4 is 11.9 Å². The summed E-state index contributed by atoms with van der Waals surface area (Å²) in [6.07, 6.45) is 8.53. The fraction of sp³-hybridized carbons (Fsp3) is 0.875. The lowest BCUT2D eigenvalue weighted by atomic mass is 9.73. The largest absolute Gasteiger partial charge is 0.469 e. The molecule has 1 aliphatic carbocycles. The Bertz CT molecular complexity index is 376. The number of hydrogen-bond donors (Lipinski definition) is 1. The molecule has 120 valence electrons. The van der Waals surface area contributed by atoms with Gasteiger partial charge in [0.2, 0.25) is 0 Å². The van der Waals surface area contributed by atoms with Gasteiger partial charge in [-0.25, -0.2) is 0 Å². The zero-order valence-electron chi connectivity index (χ0n) is 13.5. The molecule has 0 radical (unpaired) electrons. The van der Waals surface area contributed by atoms with E-state index in [4.69, 9.17) is 0 Å². The second-order valence-electron chi connectivity index (χ2n) is 6.29. The van der Waals surface area contributed by atoms with Crippen LogP contribution in [-0.2, 0) is 9.53 Å². The number of carbonyl (C=O) groups excluding carboxylic acids is 1. The number of aliphatic imine (C=N–C) groups is 1. The molecule has 1 N–H and O–H groups in total. The SMILES string of the molecule is CCNC(=NCCC(=O)OC)N1CCC2(CCCCC2)C1. The van der Waals surface area contributed by atoms with Gasteiger partial charge in [-0.1, -0.05) is 19.3 Å². The van der Waals surface area contributed by atoms with Crippen LogP contribution in [0, 0.1) is 5.41 Å². The Balaban J connectivity index is 1.92. The molecule has 0 unspecified atom stereocenters. The third-order valence-electron chi connectivity index (χ3n) is 4.79. The molecule has 0 aromatic heterocycles. The summed E-state index contributed by atoms with van der Waals surface area (Å²) in [5, 5.41) is 3.36. The summed E-state index contributed by atoms with van der Waals surface area (Å²) < 4.78 is 4.67. The molecule has 1 saturated heterocycles. The Morgan fingerprint density at radius 2 is 2.05 bits per heavy atom. The molecule has 1 saturated carbocycles. The Labute approximate surface area is 128 Å². The first kappa shape index (κ1) is 16.1. The van der Waals surface area contributed by atoms with Crippen LogP contribution in [0.4, 0.5) is 0 Å². The number of nitrogens with zero attached hydrogens (tertiary/aromatic N) is 2. The molecular weight excluding hydrogens is 266 g/mol. The molecule has 0 atom stereocenters. The number of guanidine groups is 1. The van der Waals surface area contributed by atoms with Gasteiger partial charge >= 0.3 is 5.97 Å². The zero-order valence-corrected chi connectivity index (χ0v) is 13.5. The molecule has 0 aromatic rings. The van der Waals surface area contributed by atoms with Crippen molar-refractivity contribution in [2.24, 2.45) is 10.4 Å². The summed E-state index contributed by atoms with van der Waals surface area (Å²) in [7, 11) is 1.42. The second kappa shape index (κ2) is 7.66. The lowest BCUT2D eigenvalue weighted by molar-refractivity contribution is -0.140. The molecule has 1 spiro atoms. The highest BCUT2D eigenvalue weighted by atomic mass is 16.5. The van der Waals surface area contributed by atoms with Gasteiger partial charge in [-0.2, -0.15) is 0 Å². The number of carbonyl (C=O) groups is 1. The Morgan fingerprint density at radius 1 is 1.29 bits per heavy atom. The van der Waals surface area contributed by atoms with Crippen molar-refractivity contribution in [1.82, 2.24) is 10.2 Å². The summed E-state index contributed by atoms with van der Waals surface area (Å²) in [5.74, 6) is 0.767. The van der Waals surface area contributed by atoms with Crippen molar-refractivity contribution in [3.63, 3.8) is 0 Å². The molecule has 0 amide bonds. The van der Waals surface area contributed by atoms with E-state index in [0.717, 1.165) is 25.6 Å². The minimum atomic E-state index is -0.195. The van der Waals surface area contributed by atoms with Gasteiger partial charge in [0.1, 0.15) is 0 Å². The number of esters is 1. The van der Waals surface area contributed by atoms with Gasteiger partial charge in [0.25, 0.3) is 0 Å². The molecule has 2 rings (SSSR count). The second-order valence-corrected chi connectivity index (χ2v) is 6.29. The highest BCUT2D eigenvalue weighted by molar-refractivity contribution is 5.80. The number of methoxy groups -OCH3 is 1. The molecule has 2 aliphatic rings. The van der Waals surface area contributed by atoms with Crippen molar-refractivity contribution in [3.05, 3.63) is 0 Å². The van der Waals surface area contributed by atoms with Crippen LogP contribution < -0.4 is 5.32 Å². The van der Waals surface area contributed by atoms with Crippen molar-refractivity contribution in [2.45, 2.75) is 51.9 Å². The molecular formula is C16H29N3O2. The number of hydrogen-bond acceptors (Lipinski definition) is 3. The third-order valence-corrected chi connectivity index (χ3v) is 4.79. The fourth-order valence-electron chi connectivity index (χ4n) is 3.61. The summed E-state index contributed by atoms with van der Waals surface area (Å²) in [5.41, 5.74) is 0.525. The maximum absolute atomic E-state index is 11.2. The molecule has 2 fully saturated rings. The molecule has 1 heterocycles. The molecule has 0 aromatic carbocycles. The molecule has 1 aliphatic heterocycles. The summed E-state index contributed by atoms with van der Waals surface area (Å²) in [6.45, 7) is 5.66. The lowest BCUT2D eigenvalue weighted by Crippen LogP contribution is -2.41. The maximum Gasteiger partial charge on any atom is 0.307 e. The van der Waals surface area contributed by atoms with Gasteiger partial charge in [0.05, 0.1) is 20.1 Å². The number of likely N-dealkylation sites (tertiary alicyclic amines) is 1. The van der Waals surface area contributed by atoms with Gasteiger partial charge in [0, 0.05) is 19.6 Å². The van der Waals surface area contributed by atoms with E-state index in [1.54, 1.807) is 0 Å². The predicted molar refractivity (Wildman–Crippen MR) is 84.3 cm³/mol. The standard InChI is InChI=1S/C16H29N3O2/c1-3-17-15(18-11-7-14(20)21-2)19-12-10-16(13-19)8-5-4-6-9-16/h3-13H2,1-2H3,(H,17,18). The highest BCUT2D eigenvalue weighted by Gasteiger charge is 2.39. The van der Waals surface area contributed by atoms with E-state index in [1.165, 1.54) is 45.6 Å². The predicted octanol–water partition coefficient (Wildman–Crippen LogP) is 2.17. The topological polar surface area (TPSA) is 53.9 Å². The van der Waals surface area contributed by atoms with E-state index in [9.17, 15) is 4.79 Å². The number of ether oxygens (including phenoxy) is 1. The van der Waals surface area contributed by atoms with Crippen LogP contribution in [0.25, 0.3) is 0 Å². The van der Waals surface area contributed by atoms with Gasteiger partial charge < -0.3 is 15.0 Å². The Kier molecular flexibility index (Phi) is 5.88. The first-order valence-corrected chi connectivity index (χ1v) is 8.29. The summed E-state index contributed by atoms with van der Waals surface area (Å²) in [4.78, 5) is 18.2. The third kappa shape index (κ3) is 4.35. The summed E-state index contributed by atoms with van der Waals surface area (Å²) >= 11 is 0. The van der Waals surface area contributed by atoms with E-state index in [2.05, 4.69) is 26.9 Å². The first-order valence-electron chi connectivity index (χ1n) is 8.29. The van der Waals surface area contributed by atoms with E-state index in [1.807, 2.05) is 0 Å². The van der Waals surface area contributed by atoms with Gasteiger partial charge in [-0.3, -0.25) is 9.79 Å². The van der Waals surface area contributed by atoms with E-state index in [-0.39, 0.29) is 5.97 Å². The van der Waals surface area contributed by atoms with Gasteiger partial charge in [0.15, 0.2) is 5.96 Å². The molecule has 0 bridgehead atoms. The van der Waals surface area contributed by atoms with Crippen LogP contribution in [0.5, 0.6) is 0 Å². The lowest BCUT2D eigenvalue weighted by Gasteiger charge is -2.33. The highest BCUT2D eigenvalue weighted by Crippen LogP contribution is 2.43. The Morgan fingerprint density at radius 3 is 2.71 bits per heavy atom. The van der Waals surface area contributed by atoms with Crippen molar-refractivity contribution in [1.29, 1.82) is 0 Å². The fourth-order valence-corrected chi connectivity index (χ4v) is 3.61. The van der Waals surface area contributed by atoms with E-state index < -0.39 is 0 Å². The molecule has 5 nitrogen and oxygen atoms in total. The minimum Gasteiger partial charge on any atom is -0.469 e. The van der Waals surface area contributed by atoms with Crippen LogP contribution in [-0.4, -0.2) is 50.1 Å². The van der Waals surface area contributed by atoms with Crippen molar-refractivity contribution in [3.8, 4) is 0 Å². The number of nitrogens with one attached hydrogen (secondary N) is 1. The maximum atomic E-state index is 11.2. The first-order chi connectivity index (χ1) is 10.2. The van der Waals surface area contributed by atoms with Crippen LogP contribution >= 0.6 is 0 Å². The van der Waals surface area contributed by atoms with Crippen molar-refractivity contribution < 1.29 is 9.53 Å². The quantitative estimate of drug-likeness (QED) is 0.491. The van der Waals surface area contributed by atoms with E-state index in [0.29, 0.717) is 18.4 Å². The average Bonchev–Trinajstić information content (AvgIpc) is 2.90.